The topological polar surface area (TPSA) is 85.4 Å². The van der Waals surface area contributed by atoms with Crippen molar-refractivity contribution in [3.05, 3.63) is 95.1 Å². The molecule has 1 aliphatic heterocycles. The number of nitrogens with one attached hydrogen (secondary N) is 1. The maximum Gasteiger partial charge on any atom is 0.241 e. The summed E-state index contributed by atoms with van der Waals surface area (Å²) in [4.78, 5) is 17.9. The number of carbonyl (C=O) groups excluding carboxylic acids is 1. The predicted octanol–water partition coefficient (Wildman–Crippen LogP) is 3.15. The number of nitrogens with two attached hydrogens (primary N) is 1. The molecule has 5 rings (SSSR count). The number of likely N-dealkylation sites (N-methyl/N-ethyl adjacent to an activating group) is 1. The van der Waals surface area contributed by atoms with Crippen LogP contribution in [0.1, 0.15) is 22.3 Å². The molecule has 0 aromatic heterocycles. The number of benzene rings is 3. The smallest absolute Gasteiger partial charge is 0.241 e. The fourth-order valence-electron chi connectivity index (χ4n) is 5.37. The van der Waals surface area contributed by atoms with Crippen LogP contribution < -0.4 is 11.1 Å². The van der Waals surface area contributed by atoms with E-state index in [2.05, 4.69) is 64.6 Å². The van der Waals surface area contributed by atoms with Crippen LogP contribution in [0.4, 0.5) is 0 Å². The van der Waals surface area contributed by atoms with Crippen molar-refractivity contribution in [3.8, 4) is 17.2 Å². The van der Waals surface area contributed by atoms with Gasteiger partial charge in [-0.25, -0.2) is 0 Å². The second-order valence-corrected chi connectivity index (χ2v) is 10.6. The Morgan fingerprint density at radius 2 is 1.46 bits per heavy atom. The summed E-state index contributed by atoms with van der Waals surface area (Å²) in [6, 6.07) is 26.6. The largest absolute Gasteiger partial charge is 0.338 e. The molecular weight excluding hydrogens is 458 g/mol. The van der Waals surface area contributed by atoms with Crippen LogP contribution in [0.3, 0.4) is 0 Å². The lowest BCUT2D eigenvalue weighted by Gasteiger charge is -2.32. The molecule has 190 valence electrons. The van der Waals surface area contributed by atoms with E-state index in [1.54, 1.807) is 0 Å². The van der Waals surface area contributed by atoms with Crippen LogP contribution in [0.25, 0.3) is 11.1 Å². The maximum atomic E-state index is 13.0. The van der Waals surface area contributed by atoms with Gasteiger partial charge in [0.1, 0.15) is 11.6 Å². The Kier molecular flexibility index (Phi) is 7.38. The van der Waals surface area contributed by atoms with E-state index in [0.29, 0.717) is 19.3 Å². The number of hydrogen-bond donors (Lipinski definition) is 2. The average Bonchev–Trinajstić information content (AvgIpc) is 3.28. The van der Waals surface area contributed by atoms with Crippen LogP contribution in [0, 0.1) is 11.3 Å². The number of nitrogens with zero attached hydrogens (tertiary/aromatic N) is 3. The molecule has 3 N–H and O–H groups in total. The molecule has 0 spiro atoms. The Morgan fingerprint density at radius 1 is 0.919 bits per heavy atom. The Balaban J connectivity index is 1.16. The van der Waals surface area contributed by atoms with Gasteiger partial charge in [0.05, 0.1) is 6.07 Å². The molecule has 6 nitrogen and oxygen atoms in total. The van der Waals surface area contributed by atoms with E-state index in [1.165, 1.54) is 11.1 Å². The summed E-state index contributed by atoms with van der Waals surface area (Å²) >= 11 is 0. The molecule has 1 saturated heterocycles. The van der Waals surface area contributed by atoms with Crippen molar-refractivity contribution < 1.29 is 4.79 Å². The van der Waals surface area contributed by atoms with E-state index in [0.717, 1.165) is 55.0 Å². The third kappa shape index (κ3) is 5.91. The molecule has 6 heteroatoms. The number of nitriles is 1. The van der Waals surface area contributed by atoms with Crippen molar-refractivity contribution >= 4 is 5.91 Å². The van der Waals surface area contributed by atoms with Crippen molar-refractivity contribution in [2.75, 3.05) is 33.2 Å². The Labute approximate surface area is 219 Å². The lowest BCUT2D eigenvalue weighted by molar-refractivity contribution is -0.126. The minimum Gasteiger partial charge on any atom is -0.338 e. The van der Waals surface area contributed by atoms with Gasteiger partial charge in [-0.05, 0) is 53.3 Å². The molecule has 0 radical (unpaired) electrons. The molecule has 1 amide bonds. The van der Waals surface area contributed by atoms with Crippen molar-refractivity contribution in [1.29, 1.82) is 5.26 Å². The van der Waals surface area contributed by atoms with Crippen LogP contribution in [0.15, 0.2) is 72.8 Å². The first kappa shape index (κ1) is 25.2. The molecule has 2 aliphatic rings. The second-order valence-electron chi connectivity index (χ2n) is 10.6. The molecule has 1 fully saturated rings. The van der Waals surface area contributed by atoms with E-state index in [4.69, 9.17) is 5.73 Å². The summed E-state index contributed by atoms with van der Waals surface area (Å²) in [5.41, 5.74) is 12.3. The van der Waals surface area contributed by atoms with Gasteiger partial charge in [-0.3, -0.25) is 9.69 Å². The van der Waals surface area contributed by atoms with E-state index in [9.17, 15) is 10.1 Å². The van der Waals surface area contributed by atoms with Crippen LogP contribution in [0.5, 0.6) is 0 Å². The van der Waals surface area contributed by atoms with Gasteiger partial charge < -0.3 is 16.0 Å². The van der Waals surface area contributed by atoms with Gasteiger partial charge in [-0.2, -0.15) is 5.26 Å². The number of hydrogen-bond acceptors (Lipinski definition) is 5. The summed E-state index contributed by atoms with van der Waals surface area (Å²) in [6.45, 7) is 5.47. The highest BCUT2D eigenvalue weighted by molar-refractivity contribution is 5.88. The summed E-state index contributed by atoms with van der Waals surface area (Å²) in [7, 11) is 2.18. The van der Waals surface area contributed by atoms with Gasteiger partial charge in [0.25, 0.3) is 0 Å². The minimum absolute atomic E-state index is 0.261. The molecule has 1 atom stereocenters. The zero-order valence-corrected chi connectivity index (χ0v) is 21.5. The van der Waals surface area contributed by atoms with Gasteiger partial charge in [-0.1, -0.05) is 72.8 Å². The first-order valence-corrected chi connectivity index (χ1v) is 13.1. The summed E-state index contributed by atoms with van der Waals surface area (Å²) in [5.74, 6) is -0.261. The third-order valence-corrected chi connectivity index (χ3v) is 7.73. The Morgan fingerprint density at radius 3 is 2.00 bits per heavy atom. The average molecular weight is 494 g/mol. The molecule has 1 heterocycles. The van der Waals surface area contributed by atoms with Crippen LogP contribution in [0.2, 0.25) is 0 Å². The fraction of sp³-hybridized carbons (Fsp3) is 0.355. The van der Waals surface area contributed by atoms with E-state index in [1.807, 2.05) is 36.4 Å². The van der Waals surface area contributed by atoms with Crippen LogP contribution in [-0.2, 0) is 30.6 Å². The van der Waals surface area contributed by atoms with Crippen molar-refractivity contribution in [1.82, 2.24) is 15.1 Å². The van der Waals surface area contributed by atoms with Crippen LogP contribution in [-0.4, -0.2) is 60.5 Å². The minimum atomic E-state index is -1.00. The highest BCUT2D eigenvalue weighted by Crippen LogP contribution is 2.28. The molecule has 3 aromatic rings. The highest BCUT2D eigenvalue weighted by atomic mass is 16.2. The molecule has 0 bridgehead atoms. The zero-order valence-electron chi connectivity index (χ0n) is 21.5. The number of rotatable bonds is 7. The van der Waals surface area contributed by atoms with E-state index < -0.39 is 11.6 Å². The van der Waals surface area contributed by atoms with Crippen molar-refractivity contribution in [2.45, 2.75) is 37.4 Å². The summed E-state index contributed by atoms with van der Waals surface area (Å²) in [5, 5.41) is 12.6. The normalized spacial score (nSPS) is 18.1. The number of piperazine rings is 1. The Bertz CT molecular complexity index is 1250. The number of fused-ring (bicyclic) bond motifs is 1. The van der Waals surface area contributed by atoms with Gasteiger partial charge in [0, 0.05) is 39.1 Å². The zero-order chi connectivity index (χ0) is 25.8. The van der Waals surface area contributed by atoms with Crippen LogP contribution >= 0.6 is 0 Å². The second kappa shape index (κ2) is 10.9. The molecule has 1 unspecified atom stereocenters. The summed E-state index contributed by atoms with van der Waals surface area (Å²) in [6.07, 6.45) is 1.43. The lowest BCUT2D eigenvalue weighted by Crippen LogP contribution is -2.57. The molecule has 1 aliphatic carbocycles. The molecule has 3 aromatic carbocycles. The summed E-state index contributed by atoms with van der Waals surface area (Å²) < 4.78 is 0. The third-order valence-electron chi connectivity index (χ3n) is 7.73. The van der Waals surface area contributed by atoms with Gasteiger partial charge in [-0.15, -0.1) is 0 Å². The first-order valence-electron chi connectivity index (χ1n) is 13.1. The fourth-order valence-corrected chi connectivity index (χ4v) is 5.37. The maximum absolute atomic E-state index is 13.0. The molecular formula is C31H35N5O. The van der Waals surface area contributed by atoms with Gasteiger partial charge in [0.2, 0.25) is 5.91 Å². The predicted molar refractivity (Wildman–Crippen MR) is 147 cm³/mol. The Hall–Kier alpha value is -3.50. The van der Waals surface area contributed by atoms with Gasteiger partial charge in [0.15, 0.2) is 0 Å². The molecule has 37 heavy (non-hydrogen) atoms. The first-order chi connectivity index (χ1) is 17.9. The monoisotopic (exact) mass is 493 g/mol. The highest BCUT2D eigenvalue weighted by Gasteiger charge is 2.40. The van der Waals surface area contributed by atoms with Gasteiger partial charge >= 0.3 is 0 Å². The molecule has 0 saturated carbocycles. The lowest BCUT2D eigenvalue weighted by atomic mass is 9.95. The van der Waals surface area contributed by atoms with E-state index in [-0.39, 0.29) is 5.91 Å². The number of amides is 1. The quantitative estimate of drug-likeness (QED) is 0.528. The standard InChI is InChI=1S/C31H35N5O/c1-35-14-16-36(17-15-35)22-24-8-12-26(13-9-24)25-10-6-23(7-11-25)18-29(21-32)34-30(37)31(33)19-27-4-2-3-5-28(27)20-31/h2-13,29H,14-20,22,33H2,1H3,(H,34,37). The van der Waals surface area contributed by atoms with E-state index >= 15 is 0 Å². The SMILES string of the molecule is CN1CCN(Cc2ccc(-c3ccc(CC(C#N)NC(=O)C4(N)Cc5ccccc5C4)cc3)cc2)CC1. The number of carbonyl (C=O) groups is 1. The van der Waals surface area contributed by atoms with Crippen molar-refractivity contribution in [3.63, 3.8) is 0 Å². The van der Waals surface area contributed by atoms with Crippen molar-refractivity contribution in [2.24, 2.45) is 5.73 Å².